The Hall–Kier alpha value is -2.11. The third-order valence-corrected chi connectivity index (χ3v) is 2.75. The topological polar surface area (TPSA) is 75.9 Å². The van der Waals surface area contributed by atoms with Gasteiger partial charge in [0, 0.05) is 24.6 Å². The van der Waals surface area contributed by atoms with Crippen LogP contribution in [0.5, 0.6) is 0 Å². The summed E-state index contributed by atoms with van der Waals surface area (Å²) in [7, 11) is 0. The third kappa shape index (κ3) is 3.69. The number of nitrogens with one attached hydrogen (secondary N) is 2. The summed E-state index contributed by atoms with van der Waals surface area (Å²) in [5.41, 5.74) is 0.859. The van der Waals surface area contributed by atoms with Gasteiger partial charge in [0.2, 0.25) is 0 Å². The van der Waals surface area contributed by atoms with E-state index in [0.717, 1.165) is 35.5 Å². The highest BCUT2D eigenvalue weighted by atomic mass is 16.5. The molecule has 20 heavy (non-hydrogen) atoms. The van der Waals surface area contributed by atoms with Gasteiger partial charge in [0.1, 0.15) is 28.9 Å². The van der Waals surface area contributed by atoms with Gasteiger partial charge in [-0.2, -0.15) is 0 Å². The molecular formula is C14H21N5O. The molecule has 0 unspecified atom stereocenters. The van der Waals surface area contributed by atoms with Crippen molar-refractivity contribution in [1.29, 1.82) is 0 Å². The molecule has 0 saturated carbocycles. The molecule has 0 radical (unpaired) electrons. The van der Waals surface area contributed by atoms with E-state index in [1.807, 2.05) is 26.0 Å². The average Bonchev–Trinajstić information content (AvgIpc) is 2.82. The normalized spacial score (nSPS) is 10.8. The van der Waals surface area contributed by atoms with E-state index in [1.165, 1.54) is 0 Å². The number of nitrogens with zero attached hydrogens (tertiary/aromatic N) is 3. The molecule has 2 rings (SSSR count). The molecule has 0 spiro atoms. The van der Waals surface area contributed by atoms with Crippen LogP contribution in [0.1, 0.15) is 44.0 Å². The van der Waals surface area contributed by atoms with Gasteiger partial charge in [-0.3, -0.25) is 0 Å². The van der Waals surface area contributed by atoms with Crippen molar-refractivity contribution in [3.8, 4) is 0 Å². The van der Waals surface area contributed by atoms with Gasteiger partial charge < -0.3 is 15.2 Å². The number of hydrogen-bond acceptors (Lipinski definition) is 6. The van der Waals surface area contributed by atoms with Crippen molar-refractivity contribution >= 4 is 11.6 Å². The van der Waals surface area contributed by atoms with Gasteiger partial charge in [0.05, 0.1) is 6.54 Å². The van der Waals surface area contributed by atoms with Gasteiger partial charge in [-0.15, -0.1) is 0 Å². The lowest BCUT2D eigenvalue weighted by Gasteiger charge is -2.11. The fraction of sp³-hybridized carbons (Fsp3) is 0.500. The lowest BCUT2D eigenvalue weighted by Crippen LogP contribution is -2.09. The molecule has 0 aromatic carbocycles. The summed E-state index contributed by atoms with van der Waals surface area (Å²) in [6, 6.07) is 3.81. The van der Waals surface area contributed by atoms with Gasteiger partial charge >= 0.3 is 0 Å². The van der Waals surface area contributed by atoms with Crippen molar-refractivity contribution in [3.05, 3.63) is 29.4 Å². The summed E-state index contributed by atoms with van der Waals surface area (Å²) in [5.74, 6) is 3.54. The summed E-state index contributed by atoms with van der Waals surface area (Å²) < 4.78 is 5.04. The van der Waals surface area contributed by atoms with Crippen molar-refractivity contribution in [2.24, 2.45) is 0 Å². The molecule has 0 saturated heterocycles. The number of rotatable bonds is 6. The molecule has 0 aliphatic carbocycles. The van der Waals surface area contributed by atoms with Crippen LogP contribution in [0.2, 0.25) is 0 Å². The third-order valence-electron chi connectivity index (χ3n) is 2.75. The molecule has 2 aromatic heterocycles. The van der Waals surface area contributed by atoms with Crippen LogP contribution in [-0.2, 0) is 6.54 Å². The van der Waals surface area contributed by atoms with Crippen molar-refractivity contribution in [1.82, 2.24) is 15.1 Å². The van der Waals surface area contributed by atoms with E-state index in [9.17, 15) is 0 Å². The SMILES string of the molecule is CCNc1cc(NCc2cc(C)on2)nc(C(C)C)n1. The minimum Gasteiger partial charge on any atom is -0.370 e. The second-order valence-corrected chi connectivity index (χ2v) is 4.96. The predicted molar refractivity (Wildman–Crippen MR) is 78.9 cm³/mol. The summed E-state index contributed by atoms with van der Waals surface area (Å²) in [5, 5.41) is 10.4. The molecule has 2 aromatic rings. The fourth-order valence-corrected chi connectivity index (χ4v) is 1.77. The highest BCUT2D eigenvalue weighted by molar-refractivity contribution is 5.48. The summed E-state index contributed by atoms with van der Waals surface area (Å²) >= 11 is 0. The zero-order valence-electron chi connectivity index (χ0n) is 12.4. The van der Waals surface area contributed by atoms with Crippen LogP contribution in [-0.4, -0.2) is 21.7 Å². The summed E-state index contributed by atoms with van der Waals surface area (Å²) in [6.07, 6.45) is 0. The first-order valence-electron chi connectivity index (χ1n) is 6.87. The molecule has 6 nitrogen and oxygen atoms in total. The van der Waals surface area contributed by atoms with Gasteiger partial charge in [0.15, 0.2) is 0 Å². The van der Waals surface area contributed by atoms with E-state index in [-0.39, 0.29) is 5.92 Å². The zero-order valence-corrected chi connectivity index (χ0v) is 12.4. The average molecular weight is 275 g/mol. The fourth-order valence-electron chi connectivity index (χ4n) is 1.77. The van der Waals surface area contributed by atoms with Crippen molar-refractivity contribution < 1.29 is 4.52 Å². The smallest absolute Gasteiger partial charge is 0.135 e. The van der Waals surface area contributed by atoms with E-state index >= 15 is 0 Å². The van der Waals surface area contributed by atoms with Gasteiger partial charge in [-0.05, 0) is 13.8 Å². The Kier molecular flexibility index (Phi) is 4.55. The minimum atomic E-state index is 0.281. The summed E-state index contributed by atoms with van der Waals surface area (Å²) in [4.78, 5) is 9.00. The number of anilines is 2. The molecule has 0 fully saturated rings. The maximum Gasteiger partial charge on any atom is 0.135 e. The minimum absolute atomic E-state index is 0.281. The van der Waals surface area contributed by atoms with Crippen molar-refractivity contribution in [2.75, 3.05) is 17.2 Å². The molecule has 6 heteroatoms. The van der Waals surface area contributed by atoms with E-state index < -0.39 is 0 Å². The van der Waals surface area contributed by atoms with Crippen molar-refractivity contribution in [2.45, 2.75) is 40.2 Å². The van der Waals surface area contributed by atoms with Crippen LogP contribution in [0, 0.1) is 6.92 Å². The lowest BCUT2D eigenvalue weighted by molar-refractivity contribution is 0.391. The molecule has 0 aliphatic heterocycles. The second-order valence-electron chi connectivity index (χ2n) is 4.96. The Morgan fingerprint density at radius 3 is 2.40 bits per heavy atom. The van der Waals surface area contributed by atoms with Crippen LogP contribution < -0.4 is 10.6 Å². The number of aryl methyl sites for hydroxylation is 1. The molecule has 2 heterocycles. The first kappa shape index (κ1) is 14.3. The van der Waals surface area contributed by atoms with Crippen LogP contribution in [0.15, 0.2) is 16.7 Å². The summed E-state index contributed by atoms with van der Waals surface area (Å²) in [6.45, 7) is 9.49. The molecule has 108 valence electrons. The molecule has 0 atom stereocenters. The number of hydrogen-bond donors (Lipinski definition) is 2. The Labute approximate surface area is 119 Å². The molecule has 0 aliphatic rings. The lowest BCUT2D eigenvalue weighted by atomic mass is 10.2. The molecule has 0 bridgehead atoms. The molecular weight excluding hydrogens is 254 g/mol. The highest BCUT2D eigenvalue weighted by Crippen LogP contribution is 2.17. The number of aromatic nitrogens is 3. The van der Waals surface area contributed by atoms with Gasteiger partial charge in [0.25, 0.3) is 0 Å². The monoisotopic (exact) mass is 275 g/mol. The zero-order chi connectivity index (χ0) is 14.5. The Bertz CT molecular complexity index is 564. The highest BCUT2D eigenvalue weighted by Gasteiger charge is 2.08. The Balaban J connectivity index is 2.13. The van der Waals surface area contributed by atoms with Gasteiger partial charge in [-0.25, -0.2) is 9.97 Å². The quantitative estimate of drug-likeness (QED) is 0.844. The maximum absolute atomic E-state index is 5.04. The van der Waals surface area contributed by atoms with E-state index in [1.54, 1.807) is 0 Å². The van der Waals surface area contributed by atoms with Crippen LogP contribution in [0.3, 0.4) is 0 Å². The first-order chi connectivity index (χ1) is 9.58. The van der Waals surface area contributed by atoms with Gasteiger partial charge in [-0.1, -0.05) is 19.0 Å². The standard InChI is InChI=1S/C14H21N5O/c1-5-15-12-7-13(18-14(17-12)9(2)3)16-8-11-6-10(4)20-19-11/h6-7,9H,5,8H2,1-4H3,(H2,15,16,17,18). The van der Waals surface area contributed by atoms with Crippen LogP contribution in [0.25, 0.3) is 0 Å². The van der Waals surface area contributed by atoms with Crippen molar-refractivity contribution in [3.63, 3.8) is 0 Å². The second kappa shape index (κ2) is 6.36. The molecule has 2 N–H and O–H groups in total. The predicted octanol–water partition coefficient (Wildman–Crippen LogP) is 2.94. The van der Waals surface area contributed by atoms with E-state index in [4.69, 9.17) is 4.52 Å². The van der Waals surface area contributed by atoms with Crippen LogP contribution in [0.4, 0.5) is 11.6 Å². The van der Waals surface area contributed by atoms with E-state index in [2.05, 4.69) is 39.6 Å². The largest absolute Gasteiger partial charge is 0.370 e. The Morgan fingerprint density at radius 1 is 1.15 bits per heavy atom. The van der Waals surface area contributed by atoms with E-state index in [0.29, 0.717) is 6.54 Å². The maximum atomic E-state index is 5.04. The first-order valence-corrected chi connectivity index (χ1v) is 6.87. The Morgan fingerprint density at radius 2 is 1.85 bits per heavy atom. The molecule has 0 amide bonds. The van der Waals surface area contributed by atoms with Crippen LogP contribution >= 0.6 is 0 Å².